The van der Waals surface area contributed by atoms with Gasteiger partial charge in [0.15, 0.2) is 5.76 Å². The van der Waals surface area contributed by atoms with Crippen molar-refractivity contribution in [1.29, 1.82) is 0 Å². The molecule has 1 heterocycles. The quantitative estimate of drug-likeness (QED) is 0.880. The van der Waals surface area contributed by atoms with E-state index in [0.29, 0.717) is 6.54 Å². The molecule has 1 aromatic carbocycles. The number of rotatable bonds is 6. The summed E-state index contributed by atoms with van der Waals surface area (Å²) >= 11 is 0. The van der Waals surface area contributed by atoms with Crippen LogP contribution in [0.1, 0.15) is 24.7 Å². The van der Waals surface area contributed by atoms with Gasteiger partial charge in [0, 0.05) is 18.2 Å². The van der Waals surface area contributed by atoms with E-state index in [1.54, 1.807) is 6.92 Å². The van der Waals surface area contributed by atoms with Gasteiger partial charge in [-0.15, -0.1) is 0 Å². The molecule has 0 aliphatic carbocycles. The molecular formula is C16H22N2O2. The van der Waals surface area contributed by atoms with Gasteiger partial charge in [0.2, 0.25) is 0 Å². The Balaban J connectivity index is 1.96. The van der Waals surface area contributed by atoms with Crippen LogP contribution in [-0.4, -0.2) is 34.9 Å². The molecule has 0 radical (unpaired) electrons. The number of hydrogen-bond donors (Lipinski definition) is 1. The number of nitrogens with zero attached hydrogens (tertiary/aromatic N) is 2. The average Bonchev–Trinajstić information content (AvgIpc) is 2.85. The molecule has 0 saturated heterocycles. The second kappa shape index (κ2) is 6.68. The highest BCUT2D eigenvalue weighted by atomic mass is 16.5. The average molecular weight is 274 g/mol. The van der Waals surface area contributed by atoms with E-state index in [1.807, 2.05) is 25.2 Å². The topological polar surface area (TPSA) is 49.5 Å². The number of aliphatic hydroxyl groups is 1. The van der Waals surface area contributed by atoms with E-state index in [-0.39, 0.29) is 6.10 Å². The summed E-state index contributed by atoms with van der Waals surface area (Å²) in [6, 6.07) is 10.2. The molecule has 0 bridgehead atoms. The Hall–Kier alpha value is -1.65. The van der Waals surface area contributed by atoms with Crippen LogP contribution >= 0.6 is 0 Å². The van der Waals surface area contributed by atoms with Gasteiger partial charge in [-0.05, 0) is 27.3 Å². The molecule has 0 saturated carbocycles. The third-order valence-corrected chi connectivity index (χ3v) is 3.26. The maximum atomic E-state index is 9.28. The number of benzene rings is 1. The molecule has 1 atom stereocenters. The minimum atomic E-state index is -0.268. The van der Waals surface area contributed by atoms with Gasteiger partial charge in [0.05, 0.1) is 12.6 Å². The van der Waals surface area contributed by atoms with Gasteiger partial charge in [-0.1, -0.05) is 35.0 Å². The van der Waals surface area contributed by atoms with Gasteiger partial charge < -0.3 is 9.63 Å². The number of hydrogen-bond acceptors (Lipinski definition) is 4. The highest BCUT2D eigenvalue weighted by Gasteiger charge is 2.09. The Morgan fingerprint density at radius 2 is 2.00 bits per heavy atom. The van der Waals surface area contributed by atoms with Gasteiger partial charge in [-0.2, -0.15) is 0 Å². The van der Waals surface area contributed by atoms with E-state index in [4.69, 9.17) is 4.52 Å². The van der Waals surface area contributed by atoms with Crippen molar-refractivity contribution in [1.82, 2.24) is 10.1 Å². The summed E-state index contributed by atoms with van der Waals surface area (Å²) in [5.74, 6) is 0.841. The maximum Gasteiger partial charge on any atom is 0.151 e. The van der Waals surface area contributed by atoms with E-state index in [2.05, 4.69) is 29.1 Å². The molecule has 108 valence electrons. The van der Waals surface area contributed by atoms with Crippen molar-refractivity contribution in [2.24, 2.45) is 0 Å². The molecule has 4 heteroatoms. The van der Waals surface area contributed by atoms with Crippen LogP contribution in [0.15, 0.2) is 34.9 Å². The number of aromatic nitrogens is 1. The normalized spacial score (nSPS) is 12.8. The van der Waals surface area contributed by atoms with Crippen LogP contribution in [-0.2, 0) is 6.54 Å². The third-order valence-electron chi connectivity index (χ3n) is 3.26. The van der Waals surface area contributed by atoms with Crippen molar-refractivity contribution in [2.75, 3.05) is 13.6 Å². The fraction of sp³-hybridized carbons (Fsp3) is 0.438. The Bertz CT molecular complexity index is 532. The molecule has 1 unspecified atom stereocenters. The number of aliphatic hydroxyl groups excluding tert-OH is 1. The minimum absolute atomic E-state index is 0.268. The fourth-order valence-corrected chi connectivity index (χ4v) is 2.00. The zero-order chi connectivity index (χ0) is 14.5. The first-order valence-corrected chi connectivity index (χ1v) is 6.94. The Kier molecular flexibility index (Phi) is 4.93. The maximum absolute atomic E-state index is 9.28. The molecule has 2 rings (SSSR count). The molecule has 0 aliphatic heterocycles. The van der Waals surface area contributed by atoms with Crippen molar-refractivity contribution in [3.63, 3.8) is 0 Å². The smallest absolute Gasteiger partial charge is 0.151 e. The lowest BCUT2D eigenvalue weighted by Gasteiger charge is -2.15. The molecule has 20 heavy (non-hydrogen) atoms. The van der Waals surface area contributed by atoms with E-state index in [9.17, 15) is 5.11 Å². The van der Waals surface area contributed by atoms with Gasteiger partial charge >= 0.3 is 0 Å². The molecule has 0 amide bonds. The van der Waals surface area contributed by atoms with E-state index < -0.39 is 0 Å². The van der Waals surface area contributed by atoms with Crippen LogP contribution in [0.3, 0.4) is 0 Å². The lowest BCUT2D eigenvalue weighted by atomic mass is 10.1. The zero-order valence-corrected chi connectivity index (χ0v) is 12.3. The molecule has 0 spiro atoms. The predicted molar refractivity (Wildman–Crippen MR) is 79.3 cm³/mol. The van der Waals surface area contributed by atoms with Crippen molar-refractivity contribution in [3.05, 3.63) is 41.7 Å². The molecule has 1 N–H and O–H groups in total. The van der Waals surface area contributed by atoms with Crippen LogP contribution in [0.4, 0.5) is 0 Å². The van der Waals surface area contributed by atoms with Gasteiger partial charge in [0.1, 0.15) is 5.69 Å². The zero-order valence-electron chi connectivity index (χ0n) is 12.3. The second-order valence-electron chi connectivity index (χ2n) is 5.42. The standard InChI is InChI=1S/C16H22N2O2/c1-12-4-6-14(7-5-12)16-10-15(20-17-16)11-18(3)9-8-13(2)19/h4-7,10,13,19H,8-9,11H2,1-3H3. The summed E-state index contributed by atoms with van der Waals surface area (Å²) < 4.78 is 5.37. The largest absolute Gasteiger partial charge is 0.393 e. The molecule has 2 aromatic rings. The summed E-state index contributed by atoms with van der Waals surface area (Å²) in [6.07, 6.45) is 0.491. The summed E-state index contributed by atoms with van der Waals surface area (Å²) in [5, 5.41) is 13.4. The predicted octanol–water partition coefficient (Wildman–Crippen LogP) is 2.85. The first kappa shape index (κ1) is 14.8. The van der Waals surface area contributed by atoms with Crippen molar-refractivity contribution in [3.8, 4) is 11.3 Å². The molecule has 0 fully saturated rings. The fourth-order valence-electron chi connectivity index (χ4n) is 2.00. The number of aryl methyl sites for hydroxylation is 1. The summed E-state index contributed by atoms with van der Waals surface area (Å²) in [5.41, 5.74) is 3.16. The summed E-state index contributed by atoms with van der Waals surface area (Å²) in [4.78, 5) is 2.12. The second-order valence-corrected chi connectivity index (χ2v) is 5.42. The SMILES string of the molecule is Cc1ccc(-c2cc(CN(C)CCC(C)O)on2)cc1. The monoisotopic (exact) mass is 274 g/mol. The van der Waals surface area contributed by atoms with Crippen LogP contribution in [0.2, 0.25) is 0 Å². The summed E-state index contributed by atoms with van der Waals surface area (Å²) in [7, 11) is 2.01. The summed E-state index contributed by atoms with van der Waals surface area (Å²) in [6.45, 7) is 5.40. The van der Waals surface area contributed by atoms with Gasteiger partial charge in [-0.3, -0.25) is 4.90 Å². The molecular weight excluding hydrogens is 252 g/mol. The first-order valence-electron chi connectivity index (χ1n) is 6.94. The highest BCUT2D eigenvalue weighted by Crippen LogP contribution is 2.20. The minimum Gasteiger partial charge on any atom is -0.393 e. The van der Waals surface area contributed by atoms with Crippen molar-refractivity contribution >= 4 is 0 Å². The van der Waals surface area contributed by atoms with Crippen LogP contribution in [0.5, 0.6) is 0 Å². The van der Waals surface area contributed by atoms with E-state index >= 15 is 0 Å². The van der Waals surface area contributed by atoms with Crippen molar-refractivity contribution < 1.29 is 9.63 Å². The lowest BCUT2D eigenvalue weighted by molar-refractivity contribution is 0.159. The Labute approximate surface area is 120 Å². The van der Waals surface area contributed by atoms with E-state index in [0.717, 1.165) is 30.0 Å². The van der Waals surface area contributed by atoms with Crippen LogP contribution in [0.25, 0.3) is 11.3 Å². The first-order chi connectivity index (χ1) is 9.54. The molecule has 1 aromatic heterocycles. The lowest BCUT2D eigenvalue weighted by Crippen LogP contribution is -2.21. The third kappa shape index (κ3) is 4.18. The van der Waals surface area contributed by atoms with Crippen LogP contribution in [0, 0.1) is 6.92 Å². The van der Waals surface area contributed by atoms with Gasteiger partial charge in [0.25, 0.3) is 0 Å². The Morgan fingerprint density at radius 3 is 2.65 bits per heavy atom. The van der Waals surface area contributed by atoms with Gasteiger partial charge in [-0.25, -0.2) is 0 Å². The van der Waals surface area contributed by atoms with Crippen molar-refractivity contribution in [2.45, 2.75) is 32.9 Å². The van der Waals surface area contributed by atoms with Crippen LogP contribution < -0.4 is 0 Å². The highest BCUT2D eigenvalue weighted by molar-refractivity contribution is 5.59. The molecule has 4 nitrogen and oxygen atoms in total. The molecule has 0 aliphatic rings. The Morgan fingerprint density at radius 1 is 1.30 bits per heavy atom. The van der Waals surface area contributed by atoms with E-state index in [1.165, 1.54) is 5.56 Å².